The van der Waals surface area contributed by atoms with Crippen molar-refractivity contribution >= 4 is 23.2 Å². The molecule has 1 unspecified atom stereocenters. The number of anilines is 2. The van der Waals surface area contributed by atoms with E-state index in [1.54, 1.807) is 74.9 Å². The maximum absolute atomic E-state index is 14.0. The van der Waals surface area contributed by atoms with Crippen LogP contribution in [0.1, 0.15) is 25.3 Å². The molecule has 2 amide bonds. The summed E-state index contributed by atoms with van der Waals surface area (Å²) < 4.78 is 16.4. The molecule has 1 atom stereocenters. The van der Waals surface area contributed by atoms with Crippen molar-refractivity contribution in [1.29, 1.82) is 0 Å². The Morgan fingerprint density at radius 2 is 1.24 bits per heavy atom. The number of benzene rings is 3. The van der Waals surface area contributed by atoms with Gasteiger partial charge in [0.1, 0.15) is 30.0 Å². The lowest BCUT2D eigenvalue weighted by Crippen LogP contribution is -2.52. The number of ether oxygens (including phenoxy) is 3. The van der Waals surface area contributed by atoms with E-state index in [0.717, 1.165) is 31.7 Å². The zero-order chi connectivity index (χ0) is 34.9. The first-order valence-corrected chi connectivity index (χ1v) is 16.3. The first-order chi connectivity index (χ1) is 23.6. The highest BCUT2D eigenvalue weighted by Gasteiger charge is 2.36. The molecule has 49 heavy (non-hydrogen) atoms. The lowest BCUT2D eigenvalue weighted by atomic mass is 9.79. The van der Waals surface area contributed by atoms with Crippen LogP contribution in [-0.4, -0.2) is 93.5 Å². The molecule has 2 aliphatic heterocycles. The van der Waals surface area contributed by atoms with E-state index < -0.39 is 12.0 Å². The molecular formula is C37H46N6O6. The summed E-state index contributed by atoms with van der Waals surface area (Å²) in [4.78, 5) is 30.2. The number of allylic oxidation sites excluding steroid dienone is 2. The molecule has 2 heterocycles. The van der Waals surface area contributed by atoms with E-state index in [0.29, 0.717) is 57.7 Å². The van der Waals surface area contributed by atoms with Crippen LogP contribution < -0.4 is 35.6 Å². The summed E-state index contributed by atoms with van der Waals surface area (Å²) in [6.07, 6.45) is -0.707. The summed E-state index contributed by atoms with van der Waals surface area (Å²) in [5.41, 5.74) is 7.26. The molecule has 0 spiro atoms. The maximum Gasteiger partial charge on any atom is 0.254 e. The highest BCUT2D eigenvalue weighted by atomic mass is 16.5. The Morgan fingerprint density at radius 3 is 1.71 bits per heavy atom. The number of aliphatic hydroxyl groups excluding tert-OH is 1. The first-order valence-electron chi connectivity index (χ1n) is 16.3. The lowest BCUT2D eigenvalue weighted by molar-refractivity contribution is -0.113. The van der Waals surface area contributed by atoms with Crippen molar-refractivity contribution in [2.45, 2.75) is 25.9 Å². The fraction of sp³-hybridized carbons (Fsp3) is 0.351. The summed E-state index contributed by atoms with van der Waals surface area (Å²) in [6, 6.07) is 21.4. The molecular weight excluding hydrogens is 624 g/mol. The van der Waals surface area contributed by atoms with Crippen molar-refractivity contribution in [2.75, 3.05) is 71.2 Å². The van der Waals surface area contributed by atoms with Crippen LogP contribution >= 0.6 is 0 Å². The smallest absolute Gasteiger partial charge is 0.254 e. The molecule has 260 valence electrons. The Balaban J connectivity index is 1.35. The predicted molar refractivity (Wildman–Crippen MR) is 190 cm³/mol. The summed E-state index contributed by atoms with van der Waals surface area (Å²) >= 11 is 0. The van der Waals surface area contributed by atoms with Gasteiger partial charge in [-0.1, -0.05) is 12.1 Å². The van der Waals surface area contributed by atoms with Gasteiger partial charge < -0.3 is 40.2 Å². The number of rotatable bonds is 13. The van der Waals surface area contributed by atoms with E-state index in [9.17, 15) is 14.7 Å². The number of piperazine rings is 1. The monoisotopic (exact) mass is 670 g/mol. The summed E-state index contributed by atoms with van der Waals surface area (Å²) in [6.45, 7) is 7.87. The number of carbonyl (C=O) groups excluding carboxylic acids is 2. The average molecular weight is 671 g/mol. The van der Waals surface area contributed by atoms with E-state index in [1.807, 2.05) is 26.0 Å². The topological polar surface area (TPSA) is 137 Å². The normalized spacial score (nSPS) is 16.5. The van der Waals surface area contributed by atoms with Gasteiger partial charge in [0.2, 0.25) is 0 Å². The minimum atomic E-state index is -0.707. The second kappa shape index (κ2) is 16.5. The van der Waals surface area contributed by atoms with Gasteiger partial charge in [0.05, 0.1) is 14.2 Å². The highest BCUT2D eigenvalue weighted by molar-refractivity contribution is 6.11. The van der Waals surface area contributed by atoms with Crippen molar-refractivity contribution in [3.05, 3.63) is 101 Å². The largest absolute Gasteiger partial charge is 0.497 e. The number of dihydropyridines is 1. The van der Waals surface area contributed by atoms with Crippen molar-refractivity contribution in [3.63, 3.8) is 0 Å². The Bertz CT molecular complexity index is 1560. The standard InChI is InChI=1S/C37H46N6O6/c1-24-33(36(45)40-27-8-14-30(47-4)15-9-27)35(34(25(2)39-24)37(46)41-28-10-16-31(48-5)17-11-28)26-6-12-32(13-7-26)49-23-29(44)22-38-43-20-18-42(3)19-21-43/h6-17,29,35,38-39,44H,18-23H2,1-5H3,(H,40,45)(H,41,46). The van der Waals surface area contributed by atoms with E-state index in [1.165, 1.54) is 0 Å². The van der Waals surface area contributed by atoms with Crippen molar-refractivity contribution in [3.8, 4) is 17.2 Å². The first kappa shape index (κ1) is 35.4. The van der Waals surface area contributed by atoms with Crippen LogP contribution in [0, 0.1) is 0 Å². The third-order valence-electron chi connectivity index (χ3n) is 8.66. The van der Waals surface area contributed by atoms with E-state index >= 15 is 0 Å². The number of amides is 2. The molecule has 5 rings (SSSR count). The fourth-order valence-electron chi connectivity index (χ4n) is 5.88. The molecule has 1 saturated heterocycles. The second-order valence-corrected chi connectivity index (χ2v) is 12.2. The average Bonchev–Trinajstić information content (AvgIpc) is 3.11. The minimum absolute atomic E-state index is 0.108. The number of nitrogens with one attached hydrogen (secondary N) is 4. The number of hydrazine groups is 1. The third kappa shape index (κ3) is 9.18. The zero-order valence-electron chi connectivity index (χ0n) is 28.7. The van der Waals surface area contributed by atoms with Gasteiger partial charge >= 0.3 is 0 Å². The van der Waals surface area contributed by atoms with Gasteiger partial charge in [-0.3, -0.25) is 15.0 Å². The molecule has 2 aliphatic rings. The molecule has 12 heteroatoms. The Morgan fingerprint density at radius 1 is 0.776 bits per heavy atom. The van der Waals surface area contributed by atoms with E-state index in [4.69, 9.17) is 14.2 Å². The van der Waals surface area contributed by atoms with Crippen LogP contribution in [0.5, 0.6) is 17.2 Å². The highest BCUT2D eigenvalue weighted by Crippen LogP contribution is 2.40. The van der Waals surface area contributed by atoms with Gasteiger partial charge in [0.25, 0.3) is 11.8 Å². The quantitative estimate of drug-likeness (QED) is 0.183. The van der Waals surface area contributed by atoms with Crippen LogP contribution in [-0.2, 0) is 9.59 Å². The maximum atomic E-state index is 14.0. The fourth-order valence-corrected chi connectivity index (χ4v) is 5.88. The van der Waals surface area contributed by atoms with Crippen molar-refractivity contribution in [2.24, 2.45) is 0 Å². The van der Waals surface area contributed by atoms with Crippen LogP contribution in [0.25, 0.3) is 0 Å². The summed E-state index contributed by atoms with van der Waals surface area (Å²) in [5, 5.41) is 21.9. The molecule has 12 nitrogen and oxygen atoms in total. The van der Waals surface area contributed by atoms with E-state index in [-0.39, 0.29) is 18.4 Å². The molecule has 0 aliphatic carbocycles. The van der Waals surface area contributed by atoms with Gasteiger partial charge in [0.15, 0.2) is 0 Å². The Hall–Kier alpha value is -4.88. The van der Waals surface area contributed by atoms with Gasteiger partial charge in [-0.05, 0) is 87.1 Å². The number of likely N-dealkylation sites (N-methyl/N-ethyl adjacent to an activating group) is 1. The number of nitrogens with zero attached hydrogens (tertiary/aromatic N) is 2. The molecule has 0 aromatic heterocycles. The van der Waals surface area contributed by atoms with Crippen LogP contribution in [0.4, 0.5) is 11.4 Å². The lowest BCUT2D eigenvalue weighted by Gasteiger charge is -2.33. The molecule has 0 radical (unpaired) electrons. The molecule has 3 aromatic rings. The van der Waals surface area contributed by atoms with Gasteiger partial charge in [-0.2, -0.15) is 0 Å². The molecule has 5 N–H and O–H groups in total. The van der Waals surface area contributed by atoms with Crippen LogP contribution in [0.2, 0.25) is 0 Å². The number of hydrogen-bond donors (Lipinski definition) is 5. The summed E-state index contributed by atoms with van der Waals surface area (Å²) in [7, 11) is 5.26. The zero-order valence-corrected chi connectivity index (χ0v) is 28.7. The van der Waals surface area contributed by atoms with Gasteiger partial charge in [-0.25, -0.2) is 5.01 Å². The molecule has 0 saturated carbocycles. The number of methoxy groups -OCH3 is 2. The van der Waals surface area contributed by atoms with Crippen molar-refractivity contribution in [1.82, 2.24) is 20.7 Å². The predicted octanol–water partition coefficient (Wildman–Crippen LogP) is 3.71. The third-order valence-corrected chi connectivity index (χ3v) is 8.66. The minimum Gasteiger partial charge on any atom is -0.497 e. The van der Waals surface area contributed by atoms with Gasteiger partial charge in [-0.15, -0.1) is 0 Å². The van der Waals surface area contributed by atoms with E-state index in [2.05, 4.69) is 38.3 Å². The molecule has 3 aromatic carbocycles. The Kier molecular flexibility index (Phi) is 11.9. The van der Waals surface area contributed by atoms with Gasteiger partial charge in [0, 0.05) is 72.6 Å². The SMILES string of the molecule is COc1ccc(NC(=O)C2=C(C)NC(C)=C(C(=O)Nc3ccc(OC)cc3)C2c2ccc(OCC(O)CNN3CCN(C)CC3)cc2)cc1. The number of carbonyl (C=O) groups is 2. The van der Waals surface area contributed by atoms with Crippen LogP contribution in [0.3, 0.4) is 0 Å². The van der Waals surface area contributed by atoms with Crippen molar-refractivity contribution < 1.29 is 28.9 Å². The molecule has 0 bridgehead atoms. The second-order valence-electron chi connectivity index (χ2n) is 12.2. The molecule has 1 fully saturated rings. The Labute approximate surface area is 287 Å². The number of hydrogen-bond acceptors (Lipinski definition) is 10. The number of aliphatic hydroxyl groups is 1. The summed E-state index contributed by atoms with van der Waals surface area (Å²) in [5.74, 6) is 0.499. The van der Waals surface area contributed by atoms with Crippen LogP contribution in [0.15, 0.2) is 95.3 Å².